The fourth-order valence-electron chi connectivity index (χ4n) is 2.49. The van der Waals surface area contributed by atoms with Crippen molar-refractivity contribution in [1.82, 2.24) is 0 Å². The average molecular weight is 448 g/mol. The Kier molecular flexibility index (Phi) is 8.04. The number of anilines is 2. The van der Waals surface area contributed by atoms with Crippen molar-refractivity contribution in [2.45, 2.75) is 18.7 Å². The Hall–Kier alpha value is -2.63. The second-order valence-corrected chi connectivity index (χ2v) is 7.86. The van der Waals surface area contributed by atoms with Crippen molar-refractivity contribution in [3.63, 3.8) is 0 Å². The Balaban J connectivity index is 0.00000341. The van der Waals surface area contributed by atoms with Gasteiger partial charge in [0.2, 0.25) is 10.9 Å². The van der Waals surface area contributed by atoms with Crippen LogP contribution in [0.15, 0.2) is 79.3 Å². The Morgan fingerprint density at radius 3 is 2.03 bits per heavy atom. The van der Waals surface area contributed by atoms with Gasteiger partial charge < -0.3 is 4.55 Å². The molecule has 0 unspecified atom stereocenters. The smallest absolute Gasteiger partial charge is 0.744 e. The maximum Gasteiger partial charge on any atom is 1.00 e. The van der Waals surface area contributed by atoms with Gasteiger partial charge in [-0.15, -0.1) is 0 Å². The third-order valence-corrected chi connectivity index (χ3v) is 5.18. The van der Waals surface area contributed by atoms with E-state index < -0.39 is 21.0 Å². The minimum Gasteiger partial charge on any atom is -0.744 e. The Morgan fingerprint density at radius 2 is 1.42 bits per heavy atom. The summed E-state index contributed by atoms with van der Waals surface area (Å²) in [5.74, 6) is 0. The second kappa shape index (κ2) is 10.1. The molecule has 0 amide bonds. The fraction of sp³-hybridized carbons (Fsp3) is 0.100. The van der Waals surface area contributed by atoms with Crippen molar-refractivity contribution in [1.29, 1.82) is 0 Å². The maximum atomic E-state index is 12.6. The van der Waals surface area contributed by atoms with Crippen LogP contribution in [0.2, 0.25) is 0 Å². The van der Waals surface area contributed by atoms with E-state index in [0.717, 1.165) is 23.3 Å². The molecule has 0 saturated heterocycles. The van der Waals surface area contributed by atoms with Crippen molar-refractivity contribution < 1.29 is 42.5 Å². The van der Waals surface area contributed by atoms with E-state index in [1.54, 1.807) is 6.07 Å². The summed E-state index contributed by atoms with van der Waals surface area (Å²) in [6.07, 6.45) is 0. The van der Waals surface area contributed by atoms with Gasteiger partial charge in [-0.2, -0.15) is 10.2 Å². The molecule has 0 aliphatic carbocycles. The Morgan fingerprint density at radius 1 is 0.806 bits per heavy atom. The quantitative estimate of drug-likeness (QED) is 0.253. The maximum absolute atomic E-state index is 12.6. The van der Waals surface area contributed by atoms with Gasteiger partial charge in [0.25, 0.3) is 0 Å². The van der Waals surface area contributed by atoms with Gasteiger partial charge in [-0.05, 0) is 73.5 Å². The molecule has 31 heavy (non-hydrogen) atoms. The van der Waals surface area contributed by atoms with E-state index in [4.69, 9.17) is 0 Å². The SMILES string of the molecule is Cc1ccc(N/N=c2/c(=O)cc/c(=N\Nc3ccc(S(=O)(=O)[O-])cc3)c2=O)cc1C.[Na+]. The van der Waals surface area contributed by atoms with Crippen LogP contribution in [0, 0.1) is 13.8 Å². The normalized spacial score (nSPS) is 12.4. The Labute approximate surface area is 199 Å². The predicted molar refractivity (Wildman–Crippen MR) is 110 cm³/mol. The summed E-state index contributed by atoms with van der Waals surface area (Å²) in [5, 5.41) is 7.49. The van der Waals surface area contributed by atoms with E-state index in [2.05, 4.69) is 21.1 Å². The molecule has 0 saturated carbocycles. The molecule has 2 N–H and O–H groups in total. The van der Waals surface area contributed by atoms with E-state index in [-0.39, 0.29) is 45.2 Å². The van der Waals surface area contributed by atoms with Gasteiger partial charge in [0.15, 0.2) is 5.36 Å². The molecule has 0 atom stereocenters. The van der Waals surface area contributed by atoms with E-state index >= 15 is 0 Å². The van der Waals surface area contributed by atoms with Crippen LogP contribution in [0.3, 0.4) is 0 Å². The summed E-state index contributed by atoms with van der Waals surface area (Å²) >= 11 is 0. The van der Waals surface area contributed by atoms with Crippen LogP contribution in [0.4, 0.5) is 11.4 Å². The summed E-state index contributed by atoms with van der Waals surface area (Å²) in [6, 6.07) is 12.8. The molecule has 154 valence electrons. The number of hydrogen-bond acceptors (Lipinski definition) is 9. The summed E-state index contributed by atoms with van der Waals surface area (Å²) in [6.45, 7) is 3.90. The van der Waals surface area contributed by atoms with Crippen LogP contribution in [-0.2, 0) is 10.1 Å². The van der Waals surface area contributed by atoms with Crippen LogP contribution >= 0.6 is 0 Å². The molecule has 0 heterocycles. The first-order valence-corrected chi connectivity index (χ1v) is 10.1. The largest absolute Gasteiger partial charge is 1.00 e. The summed E-state index contributed by atoms with van der Waals surface area (Å²) in [5.41, 5.74) is 7.16. The molecule has 3 aromatic rings. The van der Waals surface area contributed by atoms with Crippen LogP contribution in [-0.4, -0.2) is 13.0 Å². The molecule has 9 nitrogen and oxygen atoms in total. The minimum atomic E-state index is -4.55. The standard InChI is InChI=1S/C20H18N4O5S.Na/c1-12-3-4-15(11-13(12)2)22-24-19-18(25)10-9-17(20(19)26)23-21-14-5-7-16(8-6-14)30(27,28)29;/h3-11,21-22H,1-2H3,(H,27,28,29);/q;+1/p-1/b23-17+,24-19-;. The molecule has 0 radical (unpaired) electrons. The monoisotopic (exact) mass is 448 g/mol. The van der Waals surface area contributed by atoms with E-state index in [1.165, 1.54) is 24.3 Å². The molecular weight excluding hydrogens is 431 g/mol. The van der Waals surface area contributed by atoms with Gasteiger partial charge in [0.1, 0.15) is 15.5 Å². The summed E-state index contributed by atoms with van der Waals surface area (Å²) in [7, 11) is -4.55. The van der Waals surface area contributed by atoms with Gasteiger partial charge in [-0.25, -0.2) is 8.42 Å². The molecule has 0 aliphatic rings. The molecule has 11 heteroatoms. The first-order valence-electron chi connectivity index (χ1n) is 8.73. The third kappa shape index (κ3) is 6.18. The van der Waals surface area contributed by atoms with E-state index in [1.807, 2.05) is 26.0 Å². The van der Waals surface area contributed by atoms with Crippen LogP contribution in [0.25, 0.3) is 0 Å². The molecule has 0 aromatic heterocycles. The van der Waals surface area contributed by atoms with Crippen molar-refractivity contribution in [2.75, 3.05) is 10.9 Å². The molecule has 0 spiro atoms. The fourth-order valence-corrected chi connectivity index (χ4v) is 2.96. The van der Waals surface area contributed by atoms with Crippen molar-refractivity contribution >= 4 is 21.5 Å². The topological polar surface area (TPSA) is 140 Å². The van der Waals surface area contributed by atoms with E-state index in [0.29, 0.717) is 11.4 Å². The molecule has 0 bridgehead atoms. The average Bonchev–Trinajstić information content (AvgIpc) is 2.69. The number of nitrogens with zero attached hydrogens (tertiary/aromatic N) is 2. The molecule has 3 rings (SSSR count). The zero-order valence-electron chi connectivity index (χ0n) is 17.0. The second-order valence-electron chi connectivity index (χ2n) is 6.49. The zero-order valence-corrected chi connectivity index (χ0v) is 19.9. The number of hydrogen-bond donors (Lipinski definition) is 2. The molecule has 0 aliphatic heterocycles. The first kappa shape index (κ1) is 24.6. The van der Waals surface area contributed by atoms with Crippen molar-refractivity contribution in [3.8, 4) is 0 Å². The molecule has 0 fully saturated rings. The van der Waals surface area contributed by atoms with Crippen LogP contribution in [0.1, 0.15) is 11.1 Å². The predicted octanol–water partition coefficient (Wildman–Crippen LogP) is -2.34. The summed E-state index contributed by atoms with van der Waals surface area (Å²) in [4.78, 5) is 24.2. The van der Waals surface area contributed by atoms with E-state index in [9.17, 15) is 22.6 Å². The molecular formula is C20H17N4NaO5S. The van der Waals surface area contributed by atoms with Gasteiger partial charge in [-0.3, -0.25) is 20.4 Å². The number of aryl methyl sites for hydroxylation is 2. The van der Waals surface area contributed by atoms with Gasteiger partial charge in [0.05, 0.1) is 16.3 Å². The number of nitrogens with one attached hydrogen (secondary N) is 2. The third-order valence-electron chi connectivity index (χ3n) is 4.33. The minimum absolute atomic E-state index is 0. The van der Waals surface area contributed by atoms with Crippen molar-refractivity contribution in [3.05, 3.63) is 96.9 Å². The van der Waals surface area contributed by atoms with Crippen molar-refractivity contribution in [2.24, 2.45) is 10.2 Å². The Bertz CT molecular complexity index is 1430. The van der Waals surface area contributed by atoms with Gasteiger partial charge in [0, 0.05) is 0 Å². The van der Waals surface area contributed by atoms with Crippen LogP contribution in [0.5, 0.6) is 0 Å². The number of rotatable bonds is 5. The van der Waals surface area contributed by atoms with Gasteiger partial charge >= 0.3 is 29.6 Å². The van der Waals surface area contributed by atoms with Crippen LogP contribution < -0.4 is 62.0 Å². The number of benzene rings is 3. The first-order chi connectivity index (χ1) is 14.1. The zero-order chi connectivity index (χ0) is 21.9. The molecule has 3 aromatic carbocycles. The van der Waals surface area contributed by atoms with Gasteiger partial charge in [-0.1, -0.05) is 6.07 Å². The summed E-state index contributed by atoms with van der Waals surface area (Å²) < 4.78 is 32.9.